The van der Waals surface area contributed by atoms with Crippen molar-refractivity contribution in [3.05, 3.63) is 17.0 Å². The Balaban J connectivity index is 2.30. The van der Waals surface area contributed by atoms with E-state index in [-0.39, 0.29) is 0 Å². The third-order valence-corrected chi connectivity index (χ3v) is 6.13. The van der Waals surface area contributed by atoms with Crippen LogP contribution in [0.5, 0.6) is 0 Å². The average molecular weight is 285 g/mol. The van der Waals surface area contributed by atoms with E-state index in [1.807, 2.05) is 0 Å². The number of nitrogens with one attached hydrogen (secondary N) is 1. The molecule has 0 aromatic carbocycles. The van der Waals surface area contributed by atoms with Crippen molar-refractivity contribution in [2.45, 2.75) is 58.2 Å². The molecule has 1 aliphatic heterocycles. The number of sulfonamides is 1. The van der Waals surface area contributed by atoms with Gasteiger partial charge in [-0.15, -0.1) is 0 Å². The van der Waals surface area contributed by atoms with Crippen LogP contribution < -0.4 is 0 Å². The van der Waals surface area contributed by atoms with Gasteiger partial charge >= 0.3 is 0 Å². The maximum Gasteiger partial charge on any atom is 0.219 e. The average Bonchev–Trinajstić information content (AvgIpc) is 2.69. The maximum absolute atomic E-state index is 12.4. The molecule has 2 rings (SSSR count). The van der Waals surface area contributed by atoms with Gasteiger partial charge in [0, 0.05) is 6.54 Å². The van der Waals surface area contributed by atoms with Gasteiger partial charge in [0.05, 0.1) is 22.7 Å². The summed E-state index contributed by atoms with van der Waals surface area (Å²) in [6, 6.07) is 0. The van der Waals surface area contributed by atoms with E-state index in [1.165, 1.54) is 5.56 Å². The Hall–Kier alpha value is -0.880. The van der Waals surface area contributed by atoms with Gasteiger partial charge < -0.3 is 0 Å². The third-order valence-electron chi connectivity index (χ3n) is 3.59. The Bertz CT molecular complexity index is 567. The summed E-state index contributed by atoms with van der Waals surface area (Å²) < 4.78 is 25.7. The fourth-order valence-corrected chi connectivity index (χ4v) is 3.79. The number of nitrogens with zero attached hydrogens (tertiary/aromatic N) is 2. The molecule has 0 unspecified atom stereocenters. The number of hydrogen-bond acceptors (Lipinski definition) is 3. The van der Waals surface area contributed by atoms with Crippen LogP contribution in [0.1, 0.15) is 57.5 Å². The van der Waals surface area contributed by atoms with Gasteiger partial charge in [0.2, 0.25) is 10.0 Å². The Morgan fingerprint density at radius 1 is 1.32 bits per heavy atom. The zero-order chi connectivity index (χ0) is 14.4. The van der Waals surface area contributed by atoms with Crippen LogP contribution in [-0.4, -0.2) is 34.2 Å². The van der Waals surface area contributed by atoms with Crippen molar-refractivity contribution in [1.82, 2.24) is 14.5 Å². The molecule has 0 amide bonds. The minimum Gasteiger partial charge on any atom is -0.281 e. The molecule has 1 aromatic rings. The minimum absolute atomic E-state index is 0.366. The lowest BCUT2D eigenvalue weighted by Gasteiger charge is -2.32. The second-order valence-electron chi connectivity index (χ2n) is 6.42. The van der Waals surface area contributed by atoms with Crippen LogP contribution in [0.3, 0.4) is 0 Å². The predicted octanol–water partition coefficient (Wildman–Crippen LogP) is 2.02. The normalized spacial score (nSPS) is 17.8. The van der Waals surface area contributed by atoms with Gasteiger partial charge in [0.25, 0.3) is 0 Å². The molecule has 5 nitrogen and oxygen atoms in total. The van der Waals surface area contributed by atoms with Crippen molar-refractivity contribution in [3.63, 3.8) is 0 Å². The minimum atomic E-state index is -3.27. The zero-order valence-electron chi connectivity index (χ0n) is 12.3. The number of H-pyrrole nitrogens is 1. The first-order chi connectivity index (χ1) is 8.64. The molecule has 0 saturated heterocycles. The summed E-state index contributed by atoms with van der Waals surface area (Å²) in [5.41, 5.74) is 3.22. The second kappa shape index (κ2) is 4.59. The fraction of sp³-hybridized carbons (Fsp3) is 0.769. The van der Waals surface area contributed by atoms with Crippen LogP contribution >= 0.6 is 0 Å². The van der Waals surface area contributed by atoms with E-state index in [1.54, 1.807) is 25.1 Å². The molecule has 0 spiro atoms. The highest BCUT2D eigenvalue weighted by atomic mass is 32.2. The molecular weight excluding hydrogens is 262 g/mol. The standard InChI is InChI=1S/C13H23N3O2S/c1-9(2)12-10-6-7-16(8-11(10)14-15-12)19(17,18)13(3,4)5/h9H,6-8H2,1-5H3,(H,14,15). The van der Waals surface area contributed by atoms with Crippen LogP contribution in [0.25, 0.3) is 0 Å². The highest BCUT2D eigenvalue weighted by molar-refractivity contribution is 7.90. The SMILES string of the molecule is CC(C)c1n[nH]c2c1CCN(S(=O)(=O)C(C)(C)C)C2. The van der Waals surface area contributed by atoms with Crippen molar-refractivity contribution < 1.29 is 8.42 Å². The number of fused-ring (bicyclic) bond motifs is 1. The summed E-state index contributed by atoms with van der Waals surface area (Å²) >= 11 is 0. The van der Waals surface area contributed by atoms with E-state index in [0.29, 0.717) is 19.0 Å². The van der Waals surface area contributed by atoms with Gasteiger partial charge in [-0.2, -0.15) is 9.40 Å². The maximum atomic E-state index is 12.4. The molecule has 19 heavy (non-hydrogen) atoms. The molecule has 0 atom stereocenters. The first-order valence-corrected chi connectivity index (χ1v) is 8.14. The lowest BCUT2D eigenvalue weighted by molar-refractivity contribution is 0.372. The summed E-state index contributed by atoms with van der Waals surface area (Å²) in [6.07, 6.45) is 0.745. The van der Waals surface area contributed by atoms with E-state index in [4.69, 9.17) is 0 Å². The fourth-order valence-electron chi connectivity index (χ4n) is 2.39. The van der Waals surface area contributed by atoms with E-state index >= 15 is 0 Å². The van der Waals surface area contributed by atoms with Crippen molar-refractivity contribution >= 4 is 10.0 Å². The first kappa shape index (κ1) is 14.5. The largest absolute Gasteiger partial charge is 0.281 e. The molecule has 0 radical (unpaired) electrons. The molecule has 6 heteroatoms. The Labute approximate surface area is 115 Å². The predicted molar refractivity (Wildman–Crippen MR) is 75.5 cm³/mol. The lowest BCUT2D eigenvalue weighted by Crippen LogP contribution is -2.45. The Morgan fingerprint density at radius 3 is 2.47 bits per heavy atom. The monoisotopic (exact) mass is 285 g/mol. The third kappa shape index (κ3) is 2.43. The van der Waals surface area contributed by atoms with Crippen molar-refractivity contribution in [2.75, 3.05) is 6.54 Å². The summed E-state index contributed by atoms with van der Waals surface area (Å²) in [5, 5.41) is 7.33. The molecule has 1 aliphatic rings. The number of rotatable bonds is 2. The van der Waals surface area contributed by atoms with Crippen LogP contribution in [0.15, 0.2) is 0 Å². The van der Waals surface area contributed by atoms with Gasteiger partial charge in [-0.05, 0) is 38.7 Å². The summed E-state index contributed by atoms with van der Waals surface area (Å²) in [4.78, 5) is 0. The van der Waals surface area contributed by atoms with Crippen LogP contribution in [-0.2, 0) is 23.0 Å². The van der Waals surface area contributed by atoms with Crippen LogP contribution in [0, 0.1) is 0 Å². The molecule has 0 fully saturated rings. The summed E-state index contributed by atoms with van der Waals surface area (Å²) in [7, 11) is -3.27. The lowest BCUT2D eigenvalue weighted by atomic mass is 9.99. The molecule has 1 N–H and O–H groups in total. The van der Waals surface area contributed by atoms with Crippen molar-refractivity contribution in [2.24, 2.45) is 0 Å². The molecule has 1 aromatic heterocycles. The van der Waals surface area contributed by atoms with Crippen LogP contribution in [0.2, 0.25) is 0 Å². The highest BCUT2D eigenvalue weighted by Crippen LogP contribution is 2.29. The molecule has 0 aliphatic carbocycles. The van der Waals surface area contributed by atoms with Crippen LogP contribution in [0.4, 0.5) is 0 Å². The molecule has 2 heterocycles. The Kier molecular flexibility index (Phi) is 3.51. The van der Waals surface area contributed by atoms with Gasteiger partial charge in [0.15, 0.2) is 0 Å². The molecule has 0 bridgehead atoms. The highest BCUT2D eigenvalue weighted by Gasteiger charge is 2.37. The van der Waals surface area contributed by atoms with E-state index in [0.717, 1.165) is 17.8 Å². The summed E-state index contributed by atoms with van der Waals surface area (Å²) in [6.45, 7) is 10.4. The quantitative estimate of drug-likeness (QED) is 0.904. The van der Waals surface area contributed by atoms with E-state index in [2.05, 4.69) is 24.0 Å². The van der Waals surface area contributed by atoms with Crippen molar-refractivity contribution in [1.29, 1.82) is 0 Å². The van der Waals surface area contributed by atoms with Gasteiger partial charge in [-0.25, -0.2) is 8.42 Å². The first-order valence-electron chi connectivity index (χ1n) is 6.70. The number of hydrogen-bond donors (Lipinski definition) is 1. The number of aromatic amines is 1. The van der Waals surface area contributed by atoms with E-state index < -0.39 is 14.8 Å². The smallest absolute Gasteiger partial charge is 0.219 e. The molecule has 108 valence electrons. The molecular formula is C13H23N3O2S. The summed E-state index contributed by atoms with van der Waals surface area (Å²) in [5.74, 6) is 0.366. The second-order valence-corrected chi connectivity index (χ2v) is 9.11. The van der Waals surface area contributed by atoms with E-state index in [9.17, 15) is 8.42 Å². The zero-order valence-corrected chi connectivity index (χ0v) is 13.1. The van der Waals surface area contributed by atoms with Gasteiger partial charge in [0.1, 0.15) is 0 Å². The molecule has 0 saturated carbocycles. The van der Waals surface area contributed by atoms with Gasteiger partial charge in [-0.1, -0.05) is 13.8 Å². The van der Waals surface area contributed by atoms with Crippen molar-refractivity contribution in [3.8, 4) is 0 Å². The number of aromatic nitrogens is 2. The Morgan fingerprint density at radius 2 is 1.95 bits per heavy atom. The van der Waals surface area contributed by atoms with Gasteiger partial charge in [-0.3, -0.25) is 5.10 Å². The topological polar surface area (TPSA) is 66.1 Å².